The Hall–Kier alpha value is 2.28. The van der Waals surface area contributed by atoms with Crippen molar-refractivity contribution in [3.8, 4) is 0 Å². The SMILES string of the molecule is [Br-].[Br-].[Br-].[Br-].[C]=O.[Pt+4]. The van der Waals surface area contributed by atoms with E-state index in [0.29, 0.717) is 0 Å². The zero-order chi connectivity index (χ0) is 2.00. The van der Waals surface area contributed by atoms with Crippen LogP contribution in [0, 0.1) is 0 Å². The monoisotopic (exact) mass is 539 g/mol. The first-order valence-electron chi connectivity index (χ1n) is 0.204. The van der Waals surface area contributed by atoms with Gasteiger partial charge in [-0.3, -0.25) is 4.79 Å². The fourth-order valence-corrected chi connectivity index (χ4v) is 0. The van der Waals surface area contributed by atoms with Gasteiger partial charge in [-0.05, 0) is 0 Å². The molecule has 2 radical (unpaired) electrons. The zero-order valence-electron chi connectivity index (χ0n) is 2.74. The molecule has 0 aliphatic rings. The average molecular weight is 543 g/mol. The molecule has 7 heavy (non-hydrogen) atoms. The summed E-state index contributed by atoms with van der Waals surface area (Å²) in [6, 6.07) is 0. The van der Waals surface area contributed by atoms with Crippen LogP contribution in [0.1, 0.15) is 0 Å². The van der Waals surface area contributed by atoms with E-state index in [9.17, 15) is 0 Å². The van der Waals surface area contributed by atoms with E-state index in [0.717, 1.165) is 0 Å². The summed E-state index contributed by atoms with van der Waals surface area (Å²) >= 11 is 0. The molecule has 6 heteroatoms. The van der Waals surface area contributed by atoms with Crippen LogP contribution >= 0.6 is 0 Å². The number of hydrogen-bond acceptors (Lipinski definition) is 1. The van der Waals surface area contributed by atoms with Crippen LogP contribution in [0.5, 0.6) is 0 Å². The molecule has 0 aromatic carbocycles. The summed E-state index contributed by atoms with van der Waals surface area (Å²) < 4.78 is 0. The van der Waals surface area contributed by atoms with Crippen LogP contribution in [-0.4, -0.2) is 6.79 Å². The molecule has 0 amide bonds. The Morgan fingerprint density at radius 2 is 0.714 bits per heavy atom. The Morgan fingerprint density at radius 3 is 0.714 bits per heavy atom. The summed E-state index contributed by atoms with van der Waals surface area (Å²) in [4.78, 5) is 7.50. The van der Waals surface area contributed by atoms with Crippen LogP contribution in [0.3, 0.4) is 0 Å². The van der Waals surface area contributed by atoms with Crippen molar-refractivity contribution >= 4 is 6.79 Å². The maximum atomic E-state index is 7.50. The second-order valence-corrected chi connectivity index (χ2v) is 0. The Kier molecular flexibility index (Phi) is 714. The Balaban J connectivity index is -0.000000000500. The molecule has 1 nitrogen and oxygen atoms in total. The molecule has 0 spiro atoms. The summed E-state index contributed by atoms with van der Waals surface area (Å²) in [6.45, 7) is 4.50. The molecule has 0 saturated carbocycles. The number of rotatable bonds is 0. The van der Waals surface area contributed by atoms with Gasteiger partial charge in [-0.25, -0.2) is 0 Å². The van der Waals surface area contributed by atoms with Crippen molar-refractivity contribution < 1.29 is 93.8 Å². The van der Waals surface area contributed by atoms with Gasteiger partial charge >= 0.3 is 21.1 Å². The van der Waals surface area contributed by atoms with Crippen LogP contribution in [0.25, 0.3) is 0 Å². The van der Waals surface area contributed by atoms with Gasteiger partial charge in [0.15, 0.2) is 0 Å². The molecule has 0 aromatic rings. The van der Waals surface area contributed by atoms with E-state index in [1.807, 2.05) is 0 Å². The molecule has 0 aliphatic heterocycles. The second kappa shape index (κ2) is 84.5. The fourth-order valence-electron chi connectivity index (χ4n) is 0. The van der Waals surface area contributed by atoms with Crippen molar-refractivity contribution in [2.75, 3.05) is 0 Å². The summed E-state index contributed by atoms with van der Waals surface area (Å²) in [5, 5.41) is 0. The molecule has 0 N–H and O–H groups in total. The standard InChI is InChI=1S/CO.4BrH.Pt/c1-2;;;;;/h;4*1H;/q;;;;;+4/p-4. The first kappa shape index (κ1) is 59.2. The third-order valence-electron chi connectivity index (χ3n) is 0. The van der Waals surface area contributed by atoms with Crippen molar-refractivity contribution in [3.05, 3.63) is 0 Å². The number of halogens is 4. The van der Waals surface area contributed by atoms with Gasteiger partial charge in [-0.2, -0.15) is 0 Å². The first-order valence-corrected chi connectivity index (χ1v) is 0.204. The molecule has 0 aromatic heterocycles. The van der Waals surface area contributed by atoms with Gasteiger partial charge in [0.2, 0.25) is 0 Å². The van der Waals surface area contributed by atoms with E-state index in [4.69, 9.17) is 4.79 Å². The van der Waals surface area contributed by atoms with Gasteiger partial charge in [0.1, 0.15) is 0 Å². The third kappa shape index (κ3) is 62.9. The van der Waals surface area contributed by atoms with Gasteiger partial charge in [0.25, 0.3) is 6.79 Å². The van der Waals surface area contributed by atoms with Crippen LogP contribution in [0.15, 0.2) is 0 Å². The van der Waals surface area contributed by atoms with Crippen molar-refractivity contribution in [2.24, 2.45) is 0 Å². The number of hydrogen-bond donors (Lipinski definition) is 0. The van der Waals surface area contributed by atoms with Gasteiger partial charge in [-0.1, -0.05) is 0 Å². The van der Waals surface area contributed by atoms with E-state index in [1.165, 1.54) is 0 Å². The molecule has 0 atom stereocenters. The van der Waals surface area contributed by atoms with Crippen molar-refractivity contribution in [1.29, 1.82) is 0 Å². The van der Waals surface area contributed by atoms with Gasteiger partial charge in [0, 0.05) is 0 Å². The van der Waals surface area contributed by atoms with E-state index >= 15 is 0 Å². The Morgan fingerprint density at radius 1 is 0.714 bits per heavy atom. The molecule has 0 unspecified atom stereocenters. The summed E-state index contributed by atoms with van der Waals surface area (Å²) in [5.74, 6) is 0. The average Bonchev–Trinajstić information content (AvgIpc) is 1.00. The minimum atomic E-state index is 0. The van der Waals surface area contributed by atoms with Crippen LogP contribution in [-0.2, 0) is 25.9 Å². The fraction of sp³-hybridized carbons (Fsp3) is 0. The predicted octanol–water partition coefficient (Wildman–Crippen LogP) is -12.4. The molecular formula is CBr4OPt. The summed E-state index contributed by atoms with van der Waals surface area (Å²) in [5.41, 5.74) is 0. The largest absolute Gasteiger partial charge is 4.00 e. The van der Waals surface area contributed by atoms with E-state index in [1.54, 1.807) is 0 Å². The quantitative estimate of drug-likeness (QED) is 0.297. The van der Waals surface area contributed by atoms with E-state index in [-0.39, 0.29) is 89.0 Å². The van der Waals surface area contributed by atoms with Crippen LogP contribution < -0.4 is 67.9 Å². The number of carbonyl (C=O) groups excluding carboxylic acids is 1. The van der Waals surface area contributed by atoms with Crippen molar-refractivity contribution in [1.82, 2.24) is 0 Å². The molecule has 0 rings (SSSR count). The Labute approximate surface area is 99.3 Å². The molecule has 48 valence electrons. The Bertz CT molecular complexity index is 11.7. The third-order valence-corrected chi connectivity index (χ3v) is 0. The second-order valence-electron chi connectivity index (χ2n) is 0. The maximum Gasteiger partial charge on any atom is 4.00 e. The van der Waals surface area contributed by atoms with E-state index < -0.39 is 0 Å². The van der Waals surface area contributed by atoms with Gasteiger partial charge in [0.05, 0.1) is 0 Å². The van der Waals surface area contributed by atoms with Crippen LogP contribution in [0.4, 0.5) is 0 Å². The van der Waals surface area contributed by atoms with E-state index in [2.05, 4.69) is 6.79 Å². The van der Waals surface area contributed by atoms with Crippen molar-refractivity contribution in [2.45, 2.75) is 0 Å². The molecule has 0 aliphatic carbocycles. The summed E-state index contributed by atoms with van der Waals surface area (Å²) in [7, 11) is 0. The topological polar surface area (TPSA) is 17.1 Å². The molecule has 0 saturated heterocycles. The first-order chi connectivity index (χ1) is 1.00. The zero-order valence-corrected chi connectivity index (χ0v) is 11.4. The predicted molar refractivity (Wildman–Crippen MR) is 5.69 cm³/mol. The normalized spacial score (nSPS) is 0.571. The molecule has 0 heterocycles. The van der Waals surface area contributed by atoms with Gasteiger partial charge < -0.3 is 67.9 Å². The maximum absolute atomic E-state index is 7.50. The molecular weight excluding hydrogens is 543 g/mol. The molecule has 0 bridgehead atoms. The van der Waals surface area contributed by atoms with Crippen molar-refractivity contribution in [3.63, 3.8) is 0 Å². The van der Waals surface area contributed by atoms with Crippen LogP contribution in [0.2, 0.25) is 0 Å². The minimum Gasteiger partial charge on any atom is -1.00 e. The minimum absolute atomic E-state index is 0. The summed E-state index contributed by atoms with van der Waals surface area (Å²) in [6.07, 6.45) is 0. The smallest absolute Gasteiger partial charge is 1.00 e. The van der Waals surface area contributed by atoms with Gasteiger partial charge in [-0.15, -0.1) is 0 Å². The molecule has 0 fully saturated rings.